The van der Waals surface area contributed by atoms with Crippen LogP contribution in [0.3, 0.4) is 0 Å². The molecule has 0 saturated heterocycles. The molecular weight excluding hydrogens is 300 g/mol. The van der Waals surface area contributed by atoms with Gasteiger partial charge in [-0.3, -0.25) is 14.4 Å². The van der Waals surface area contributed by atoms with Crippen molar-refractivity contribution in [1.82, 2.24) is 10.6 Å². The fraction of sp³-hybridized carbons (Fsp3) is 0.438. The molecule has 0 radical (unpaired) electrons. The van der Waals surface area contributed by atoms with E-state index >= 15 is 0 Å². The summed E-state index contributed by atoms with van der Waals surface area (Å²) in [6.07, 6.45) is 6.83. The summed E-state index contributed by atoms with van der Waals surface area (Å²) in [7, 11) is 1.56. The predicted molar refractivity (Wildman–Crippen MR) is 86.8 cm³/mol. The first-order chi connectivity index (χ1) is 11.0. The Hall–Kier alpha value is -2.41. The topological polar surface area (TPSA) is 105 Å². The van der Waals surface area contributed by atoms with Crippen molar-refractivity contribution in [1.29, 1.82) is 0 Å². The van der Waals surface area contributed by atoms with Crippen LogP contribution >= 0.6 is 0 Å². The number of ether oxygens (including phenoxy) is 1. The number of carbonyl (C=O) groups excluding carboxylic acids is 2. The molecule has 0 aliphatic rings. The molecule has 0 aliphatic heterocycles. The van der Waals surface area contributed by atoms with Crippen molar-refractivity contribution in [3.8, 4) is 0 Å². The number of unbranched alkanes of at least 4 members (excludes halogenated alkanes) is 1. The number of hydrogen-bond acceptors (Lipinski definition) is 4. The van der Waals surface area contributed by atoms with Crippen LogP contribution in [0.1, 0.15) is 19.3 Å². The second kappa shape index (κ2) is 13.3. The molecule has 0 spiro atoms. The first-order valence-electron chi connectivity index (χ1n) is 7.23. The van der Waals surface area contributed by atoms with E-state index in [2.05, 4.69) is 17.2 Å². The number of rotatable bonds is 13. The highest BCUT2D eigenvalue weighted by Crippen LogP contribution is 2.03. The summed E-state index contributed by atoms with van der Waals surface area (Å²) in [5.41, 5.74) is 0.966. The molecule has 0 rings (SSSR count). The van der Waals surface area contributed by atoms with Crippen molar-refractivity contribution >= 4 is 18.3 Å². The Balaban J connectivity index is 4.40. The summed E-state index contributed by atoms with van der Waals surface area (Å²) in [6.45, 7) is 4.77. The average molecular weight is 324 g/mol. The number of nitrogens with one attached hydrogen (secondary N) is 2. The Labute approximate surface area is 136 Å². The van der Waals surface area contributed by atoms with Crippen molar-refractivity contribution < 1.29 is 24.2 Å². The molecule has 0 unspecified atom stereocenters. The van der Waals surface area contributed by atoms with Crippen LogP contribution in [0.2, 0.25) is 0 Å². The standard InChI is InChI=1S/C16H24N2O5/c1-13(16(22)18-8-4-3-7-15(20)21)10-14(11-17-12-19)6-5-9-23-2/h5-6,10,12H,1,3-4,7-9,11H2,2H3,(H,17,19)(H,18,22)(H,20,21)/b6-5-,14-10+. The normalized spacial score (nSPS) is 11.3. The lowest BCUT2D eigenvalue weighted by atomic mass is 10.1. The summed E-state index contributed by atoms with van der Waals surface area (Å²) in [5, 5.41) is 13.7. The van der Waals surface area contributed by atoms with E-state index in [9.17, 15) is 14.4 Å². The minimum absolute atomic E-state index is 0.0858. The zero-order valence-electron chi connectivity index (χ0n) is 13.3. The molecule has 0 aromatic rings. The van der Waals surface area contributed by atoms with Gasteiger partial charge in [0.2, 0.25) is 6.41 Å². The molecule has 0 bridgehead atoms. The lowest BCUT2D eigenvalue weighted by molar-refractivity contribution is -0.137. The molecule has 2 amide bonds. The molecule has 0 atom stereocenters. The Bertz CT molecular complexity index is 469. The molecule has 128 valence electrons. The van der Waals surface area contributed by atoms with E-state index in [1.165, 1.54) is 0 Å². The van der Waals surface area contributed by atoms with Gasteiger partial charge in [-0.05, 0) is 24.5 Å². The number of aliphatic carboxylic acids is 1. The zero-order chi connectivity index (χ0) is 17.5. The smallest absolute Gasteiger partial charge is 0.303 e. The first-order valence-corrected chi connectivity index (χ1v) is 7.23. The molecule has 0 aliphatic carbocycles. The third-order valence-electron chi connectivity index (χ3n) is 2.74. The van der Waals surface area contributed by atoms with E-state index in [1.807, 2.05) is 0 Å². The van der Waals surface area contributed by atoms with Crippen LogP contribution in [-0.2, 0) is 19.1 Å². The van der Waals surface area contributed by atoms with Gasteiger partial charge in [0, 0.05) is 32.2 Å². The fourth-order valence-corrected chi connectivity index (χ4v) is 1.62. The number of methoxy groups -OCH3 is 1. The quantitative estimate of drug-likeness (QED) is 0.201. The van der Waals surface area contributed by atoms with Crippen LogP contribution < -0.4 is 10.6 Å². The molecule has 0 aromatic heterocycles. The van der Waals surface area contributed by atoms with E-state index in [0.717, 1.165) is 0 Å². The number of carboxylic acid groups (broad SMARTS) is 1. The Morgan fingerprint density at radius 2 is 2.04 bits per heavy atom. The lowest BCUT2D eigenvalue weighted by Gasteiger charge is -2.06. The van der Waals surface area contributed by atoms with E-state index < -0.39 is 5.97 Å². The Kier molecular flexibility index (Phi) is 11.9. The molecule has 0 aromatic carbocycles. The van der Waals surface area contributed by atoms with E-state index in [-0.39, 0.29) is 24.4 Å². The van der Waals surface area contributed by atoms with Crippen molar-refractivity contribution in [3.05, 3.63) is 36.0 Å². The van der Waals surface area contributed by atoms with Gasteiger partial charge < -0.3 is 20.5 Å². The van der Waals surface area contributed by atoms with Gasteiger partial charge in [0.05, 0.1) is 6.61 Å². The van der Waals surface area contributed by atoms with Gasteiger partial charge in [0.15, 0.2) is 0 Å². The van der Waals surface area contributed by atoms with Crippen LogP contribution in [0.4, 0.5) is 0 Å². The van der Waals surface area contributed by atoms with Gasteiger partial charge in [-0.25, -0.2) is 0 Å². The van der Waals surface area contributed by atoms with Crippen LogP contribution in [0.25, 0.3) is 0 Å². The zero-order valence-corrected chi connectivity index (χ0v) is 13.3. The second-order valence-electron chi connectivity index (χ2n) is 4.71. The summed E-state index contributed by atoms with van der Waals surface area (Å²) < 4.78 is 4.89. The largest absolute Gasteiger partial charge is 0.481 e. The minimum Gasteiger partial charge on any atom is -0.481 e. The SMILES string of the molecule is C=C(/C=C(\C=C/COC)CNC=O)C(=O)NCCCCC(=O)O. The molecule has 23 heavy (non-hydrogen) atoms. The highest BCUT2D eigenvalue weighted by Gasteiger charge is 2.05. The maximum Gasteiger partial charge on any atom is 0.303 e. The van der Waals surface area contributed by atoms with Gasteiger partial charge in [-0.1, -0.05) is 18.7 Å². The van der Waals surface area contributed by atoms with Gasteiger partial charge in [-0.2, -0.15) is 0 Å². The predicted octanol–water partition coefficient (Wildman–Crippen LogP) is 0.789. The van der Waals surface area contributed by atoms with Gasteiger partial charge in [0.25, 0.3) is 5.91 Å². The molecular formula is C16H24N2O5. The summed E-state index contributed by atoms with van der Waals surface area (Å²) in [4.78, 5) is 32.6. The fourth-order valence-electron chi connectivity index (χ4n) is 1.62. The first kappa shape index (κ1) is 20.6. The molecule has 3 N–H and O–H groups in total. The summed E-state index contributed by atoms with van der Waals surface area (Å²) in [5.74, 6) is -1.18. The van der Waals surface area contributed by atoms with E-state index in [0.29, 0.717) is 38.0 Å². The summed E-state index contributed by atoms with van der Waals surface area (Å²) >= 11 is 0. The van der Waals surface area contributed by atoms with Crippen molar-refractivity contribution in [2.45, 2.75) is 19.3 Å². The van der Waals surface area contributed by atoms with E-state index in [4.69, 9.17) is 9.84 Å². The van der Waals surface area contributed by atoms with Crippen molar-refractivity contribution in [2.75, 3.05) is 26.8 Å². The maximum atomic E-state index is 11.9. The number of hydrogen-bond donors (Lipinski definition) is 3. The van der Waals surface area contributed by atoms with Crippen molar-refractivity contribution in [3.63, 3.8) is 0 Å². The molecule has 0 heterocycles. The van der Waals surface area contributed by atoms with Gasteiger partial charge >= 0.3 is 5.97 Å². The van der Waals surface area contributed by atoms with Crippen LogP contribution in [0, 0.1) is 0 Å². The Morgan fingerprint density at radius 1 is 1.30 bits per heavy atom. The maximum absolute atomic E-state index is 11.9. The summed E-state index contributed by atoms with van der Waals surface area (Å²) in [6, 6.07) is 0. The number of carboxylic acids is 1. The van der Waals surface area contributed by atoms with Crippen LogP contribution in [-0.4, -0.2) is 50.2 Å². The molecule has 0 saturated carbocycles. The van der Waals surface area contributed by atoms with Crippen LogP contribution in [0.15, 0.2) is 36.0 Å². The highest BCUT2D eigenvalue weighted by atomic mass is 16.5. The molecule has 0 fully saturated rings. The third kappa shape index (κ3) is 11.9. The second-order valence-corrected chi connectivity index (χ2v) is 4.71. The van der Waals surface area contributed by atoms with Gasteiger partial charge in [-0.15, -0.1) is 0 Å². The molecule has 7 nitrogen and oxygen atoms in total. The highest BCUT2D eigenvalue weighted by molar-refractivity contribution is 5.95. The minimum atomic E-state index is -0.848. The van der Waals surface area contributed by atoms with Crippen molar-refractivity contribution in [2.24, 2.45) is 0 Å². The number of amides is 2. The third-order valence-corrected chi connectivity index (χ3v) is 2.74. The number of carbonyl (C=O) groups is 3. The van der Waals surface area contributed by atoms with Gasteiger partial charge in [0.1, 0.15) is 0 Å². The van der Waals surface area contributed by atoms with Crippen LogP contribution in [0.5, 0.6) is 0 Å². The van der Waals surface area contributed by atoms with E-state index in [1.54, 1.807) is 25.3 Å². The lowest BCUT2D eigenvalue weighted by Crippen LogP contribution is -2.25. The average Bonchev–Trinajstić information content (AvgIpc) is 2.51. The Morgan fingerprint density at radius 3 is 2.65 bits per heavy atom. The molecule has 7 heteroatoms. The monoisotopic (exact) mass is 324 g/mol.